The highest BCUT2D eigenvalue weighted by Gasteiger charge is 2.05. The Bertz CT molecular complexity index is 639. The number of fused-ring (bicyclic) bond motifs is 3. The summed E-state index contributed by atoms with van der Waals surface area (Å²) in [5, 5.41) is 9.55. The summed E-state index contributed by atoms with van der Waals surface area (Å²) in [6.07, 6.45) is 3.37. The van der Waals surface area contributed by atoms with Gasteiger partial charge in [0.1, 0.15) is 6.54 Å². The molecule has 68 valence electrons. The summed E-state index contributed by atoms with van der Waals surface area (Å²) in [7, 11) is 0. The highest BCUT2D eigenvalue weighted by atomic mass is 16.1. The van der Waals surface area contributed by atoms with Crippen molar-refractivity contribution in [2.24, 2.45) is 4.99 Å². The van der Waals surface area contributed by atoms with Crippen LogP contribution in [0.2, 0.25) is 0 Å². The van der Waals surface area contributed by atoms with Gasteiger partial charge in [0.05, 0.1) is 17.1 Å². The summed E-state index contributed by atoms with van der Waals surface area (Å²) in [6.45, 7) is 0.247. The number of carbonyl (C=O) groups excluding carboxylic acids is 1. The Morgan fingerprint density at radius 2 is 2.29 bits per heavy atom. The predicted molar refractivity (Wildman–Crippen MR) is 51.2 cm³/mol. The fraction of sp³-hybridized carbons (Fsp3) is 0.100. The molecular formula is C10H7N3O. The van der Waals surface area contributed by atoms with E-state index < -0.39 is 0 Å². The Hall–Kier alpha value is -1.97. The van der Waals surface area contributed by atoms with E-state index in [0.717, 1.165) is 21.5 Å². The van der Waals surface area contributed by atoms with E-state index in [1.807, 2.05) is 12.1 Å². The van der Waals surface area contributed by atoms with Gasteiger partial charge in [0.25, 0.3) is 0 Å². The first-order valence-electron chi connectivity index (χ1n) is 4.36. The Labute approximate surface area is 79.0 Å². The number of nitrogens with zero attached hydrogens (tertiary/aromatic N) is 2. The molecule has 0 fully saturated rings. The first kappa shape index (κ1) is 7.44. The van der Waals surface area contributed by atoms with Crippen LogP contribution in [-0.4, -0.2) is 22.5 Å². The van der Waals surface area contributed by atoms with E-state index in [0.29, 0.717) is 0 Å². The lowest BCUT2D eigenvalue weighted by molar-refractivity contribution is -0.112. The number of aromatic nitrogens is 2. The van der Waals surface area contributed by atoms with Gasteiger partial charge in [0.15, 0.2) is 5.78 Å². The lowest BCUT2D eigenvalue weighted by atomic mass is 10.1. The normalized spacial score (nSPS) is 14.7. The Morgan fingerprint density at radius 1 is 1.36 bits per heavy atom. The van der Waals surface area contributed by atoms with E-state index >= 15 is 0 Å². The van der Waals surface area contributed by atoms with Crippen molar-refractivity contribution in [3.8, 4) is 0 Å². The van der Waals surface area contributed by atoms with Crippen LogP contribution in [0.1, 0.15) is 0 Å². The minimum Gasteiger partial charge on any atom is -0.293 e. The maximum absolute atomic E-state index is 11.1. The molecule has 0 saturated carbocycles. The molecule has 1 aromatic heterocycles. The van der Waals surface area contributed by atoms with Crippen LogP contribution in [-0.2, 0) is 4.79 Å². The molecule has 0 radical (unpaired) electrons. The van der Waals surface area contributed by atoms with Crippen molar-refractivity contribution in [3.63, 3.8) is 0 Å². The average Bonchev–Trinajstić information content (AvgIpc) is 2.65. The third-order valence-corrected chi connectivity index (χ3v) is 2.34. The molecule has 0 unspecified atom stereocenters. The van der Waals surface area contributed by atoms with Gasteiger partial charge in [-0.25, -0.2) is 0 Å². The van der Waals surface area contributed by atoms with Crippen LogP contribution in [0.15, 0.2) is 23.3 Å². The fourth-order valence-electron chi connectivity index (χ4n) is 1.69. The monoisotopic (exact) mass is 185 g/mol. The largest absolute Gasteiger partial charge is 0.293 e. The SMILES string of the molecule is O=C1C=c2ccc3[nH]ncc3c2=NC1. The lowest BCUT2D eigenvalue weighted by Gasteiger charge is -1.98. The number of Topliss-reactive ketones (excluding diaryl/α,β-unsaturated/α-hetero) is 1. The molecule has 4 nitrogen and oxygen atoms in total. The summed E-state index contributed by atoms with van der Waals surface area (Å²) in [5.41, 5.74) is 0.954. The molecule has 14 heavy (non-hydrogen) atoms. The fourth-order valence-corrected chi connectivity index (χ4v) is 1.69. The number of hydrogen-bond acceptors (Lipinski definition) is 3. The zero-order valence-electron chi connectivity index (χ0n) is 7.32. The second-order valence-electron chi connectivity index (χ2n) is 3.26. The topological polar surface area (TPSA) is 58.1 Å². The number of H-pyrrole nitrogens is 1. The smallest absolute Gasteiger partial charge is 0.177 e. The van der Waals surface area contributed by atoms with Gasteiger partial charge in [0.2, 0.25) is 0 Å². The van der Waals surface area contributed by atoms with E-state index in [4.69, 9.17) is 0 Å². The summed E-state index contributed by atoms with van der Waals surface area (Å²) < 4.78 is 0. The lowest BCUT2D eigenvalue weighted by Crippen LogP contribution is -2.31. The highest BCUT2D eigenvalue weighted by Crippen LogP contribution is 2.01. The number of carbonyl (C=O) groups is 1. The molecule has 1 N–H and O–H groups in total. The van der Waals surface area contributed by atoms with Gasteiger partial charge in [0, 0.05) is 10.6 Å². The van der Waals surface area contributed by atoms with Crippen LogP contribution in [0.25, 0.3) is 17.0 Å². The third kappa shape index (κ3) is 0.907. The molecule has 0 saturated heterocycles. The first-order valence-corrected chi connectivity index (χ1v) is 4.36. The predicted octanol–water partition coefficient (Wildman–Crippen LogP) is -0.454. The number of rotatable bonds is 0. The Kier molecular flexibility index (Phi) is 1.33. The molecule has 1 aliphatic rings. The molecule has 3 rings (SSSR count). The zero-order valence-corrected chi connectivity index (χ0v) is 7.32. The van der Waals surface area contributed by atoms with Gasteiger partial charge in [-0.3, -0.25) is 14.9 Å². The molecule has 4 heteroatoms. The highest BCUT2D eigenvalue weighted by molar-refractivity contribution is 6.08. The van der Waals surface area contributed by atoms with Gasteiger partial charge < -0.3 is 0 Å². The molecule has 0 atom stereocenters. The number of nitrogens with one attached hydrogen (secondary N) is 1. The molecule has 0 amide bonds. The Morgan fingerprint density at radius 3 is 3.21 bits per heavy atom. The van der Waals surface area contributed by atoms with Crippen molar-refractivity contribution in [3.05, 3.63) is 28.9 Å². The molecule has 2 heterocycles. The van der Waals surface area contributed by atoms with E-state index in [9.17, 15) is 4.79 Å². The van der Waals surface area contributed by atoms with Gasteiger partial charge in [-0.05, 0) is 12.1 Å². The maximum atomic E-state index is 11.1. The van der Waals surface area contributed by atoms with E-state index in [2.05, 4.69) is 15.2 Å². The quantitative estimate of drug-likeness (QED) is 0.604. The molecule has 0 spiro atoms. The van der Waals surface area contributed by atoms with Gasteiger partial charge in [-0.2, -0.15) is 5.10 Å². The minimum atomic E-state index is 0.0559. The number of aromatic amines is 1. The molecule has 0 bridgehead atoms. The standard InChI is InChI=1S/C10H7N3O/c14-7-3-6-1-2-9-8(5-12-13-9)10(6)11-4-7/h1-3,5H,4H2,(H,12,13). The van der Waals surface area contributed by atoms with Crippen LogP contribution in [0, 0.1) is 0 Å². The average molecular weight is 185 g/mol. The number of benzene rings is 1. The van der Waals surface area contributed by atoms with Crippen LogP contribution in [0.4, 0.5) is 0 Å². The van der Waals surface area contributed by atoms with Crippen LogP contribution >= 0.6 is 0 Å². The summed E-state index contributed by atoms with van der Waals surface area (Å²) >= 11 is 0. The second kappa shape index (κ2) is 2.51. The van der Waals surface area contributed by atoms with Crippen molar-refractivity contribution < 1.29 is 4.79 Å². The van der Waals surface area contributed by atoms with Crippen molar-refractivity contribution in [2.75, 3.05) is 6.54 Å². The minimum absolute atomic E-state index is 0.0559. The van der Waals surface area contributed by atoms with Crippen molar-refractivity contribution in [1.29, 1.82) is 0 Å². The van der Waals surface area contributed by atoms with Crippen molar-refractivity contribution in [1.82, 2.24) is 10.2 Å². The van der Waals surface area contributed by atoms with Gasteiger partial charge in [-0.15, -0.1) is 0 Å². The molecule has 1 aliphatic heterocycles. The molecular weight excluding hydrogens is 178 g/mol. The van der Waals surface area contributed by atoms with Gasteiger partial charge in [-0.1, -0.05) is 6.07 Å². The van der Waals surface area contributed by atoms with Crippen molar-refractivity contribution >= 4 is 22.8 Å². The Balaban J connectivity index is 2.59. The first-order chi connectivity index (χ1) is 6.84. The van der Waals surface area contributed by atoms with Gasteiger partial charge >= 0.3 is 0 Å². The number of hydrogen-bond donors (Lipinski definition) is 1. The third-order valence-electron chi connectivity index (χ3n) is 2.34. The van der Waals surface area contributed by atoms with Crippen LogP contribution in [0.3, 0.4) is 0 Å². The molecule has 2 aromatic rings. The van der Waals surface area contributed by atoms with Crippen LogP contribution < -0.4 is 10.6 Å². The second-order valence-corrected chi connectivity index (χ2v) is 3.26. The molecule has 1 aromatic carbocycles. The summed E-state index contributed by atoms with van der Waals surface area (Å²) in [6, 6.07) is 3.79. The van der Waals surface area contributed by atoms with Crippen LogP contribution in [0.5, 0.6) is 0 Å². The van der Waals surface area contributed by atoms with Crippen molar-refractivity contribution in [2.45, 2.75) is 0 Å². The van der Waals surface area contributed by atoms with E-state index in [-0.39, 0.29) is 12.3 Å². The summed E-state index contributed by atoms with van der Waals surface area (Å²) in [4.78, 5) is 15.4. The number of ketones is 1. The summed E-state index contributed by atoms with van der Waals surface area (Å²) in [5.74, 6) is 0.0559. The zero-order chi connectivity index (χ0) is 9.54. The van der Waals surface area contributed by atoms with E-state index in [1.165, 1.54) is 0 Å². The molecule has 0 aliphatic carbocycles. The van der Waals surface area contributed by atoms with E-state index in [1.54, 1.807) is 12.3 Å². The maximum Gasteiger partial charge on any atom is 0.177 e.